The lowest BCUT2D eigenvalue weighted by molar-refractivity contribution is 0.145. The van der Waals surface area contributed by atoms with Gasteiger partial charge in [0.1, 0.15) is 6.61 Å². The monoisotopic (exact) mass is 213 g/mol. The third-order valence-corrected chi connectivity index (χ3v) is 2.70. The lowest BCUT2D eigenvalue weighted by atomic mass is 10.4. The van der Waals surface area contributed by atoms with Gasteiger partial charge in [0.05, 0.1) is 4.88 Å². The van der Waals surface area contributed by atoms with E-state index < -0.39 is 0 Å². The molecule has 0 aromatic carbocycles. The second kappa shape index (κ2) is 5.62. The van der Waals surface area contributed by atoms with E-state index in [4.69, 9.17) is 16.3 Å². The summed E-state index contributed by atoms with van der Waals surface area (Å²) in [5.74, 6) is 0.420. The molecule has 0 bridgehead atoms. The Bertz CT molecular complexity index is 309. The minimum absolute atomic E-state index is 0.420. The molecule has 0 aliphatic carbocycles. The summed E-state index contributed by atoms with van der Waals surface area (Å²) in [6.07, 6.45) is 0.926. The van der Waals surface area contributed by atoms with Crippen LogP contribution in [0.4, 0.5) is 0 Å². The zero-order chi connectivity index (χ0) is 10.4. The van der Waals surface area contributed by atoms with Crippen molar-refractivity contribution >= 4 is 17.2 Å². The number of nitrogens with zero attached hydrogens (tertiary/aromatic N) is 1. The van der Waals surface area contributed by atoms with Crippen molar-refractivity contribution in [2.45, 2.75) is 19.9 Å². The molecule has 78 valence electrons. The van der Waals surface area contributed by atoms with E-state index in [1.165, 1.54) is 11.3 Å². The van der Waals surface area contributed by atoms with Gasteiger partial charge in [-0.15, -0.1) is 11.3 Å². The minimum Gasteiger partial charge on any atom is -0.394 e. The van der Waals surface area contributed by atoms with Gasteiger partial charge in [-0.3, -0.25) is 0 Å². The number of amidine groups is 1. The maximum atomic E-state index is 5.70. The molecule has 0 radical (unpaired) electrons. The fraction of sp³-hybridized carbons (Fsp3) is 0.444. The molecule has 4 nitrogen and oxygen atoms in total. The van der Waals surface area contributed by atoms with Crippen molar-refractivity contribution in [3.63, 3.8) is 0 Å². The van der Waals surface area contributed by atoms with E-state index in [1.807, 2.05) is 19.1 Å². The molecule has 4 N–H and O–H groups in total. The first-order chi connectivity index (χ1) is 6.77. The van der Waals surface area contributed by atoms with Crippen LogP contribution < -0.4 is 11.5 Å². The normalized spacial score (nSPS) is 11.7. The summed E-state index contributed by atoms with van der Waals surface area (Å²) in [6.45, 7) is 3.15. The molecule has 0 aliphatic heterocycles. The largest absolute Gasteiger partial charge is 0.394 e. The Labute approximate surface area is 87.5 Å². The Morgan fingerprint density at radius 1 is 1.57 bits per heavy atom. The standard InChI is InChI=1S/C9H15N3OS/c1-2-5-13-12-9(11)8-4-3-7(6-10)14-8/h3-4H,2,5-6,10H2,1H3,(H2,11,12). The van der Waals surface area contributed by atoms with Crippen LogP contribution in [-0.4, -0.2) is 12.4 Å². The van der Waals surface area contributed by atoms with Crippen molar-refractivity contribution in [1.29, 1.82) is 0 Å². The molecule has 0 fully saturated rings. The first-order valence-electron chi connectivity index (χ1n) is 4.52. The Kier molecular flexibility index (Phi) is 4.42. The van der Waals surface area contributed by atoms with E-state index in [9.17, 15) is 0 Å². The average molecular weight is 213 g/mol. The Balaban J connectivity index is 2.59. The Morgan fingerprint density at radius 3 is 2.93 bits per heavy atom. The van der Waals surface area contributed by atoms with Gasteiger partial charge in [-0.25, -0.2) is 0 Å². The predicted molar refractivity (Wildman–Crippen MR) is 59.2 cm³/mol. The first-order valence-corrected chi connectivity index (χ1v) is 5.34. The lowest BCUT2D eigenvalue weighted by Crippen LogP contribution is -2.12. The molecule has 1 aromatic rings. The van der Waals surface area contributed by atoms with Crippen LogP contribution in [0.3, 0.4) is 0 Å². The Morgan fingerprint density at radius 2 is 2.36 bits per heavy atom. The summed E-state index contributed by atoms with van der Waals surface area (Å²) in [6, 6.07) is 3.85. The molecular formula is C9H15N3OS. The highest BCUT2D eigenvalue weighted by Crippen LogP contribution is 2.15. The minimum atomic E-state index is 0.420. The van der Waals surface area contributed by atoms with Crippen molar-refractivity contribution in [2.24, 2.45) is 16.6 Å². The second-order valence-corrected chi connectivity index (χ2v) is 3.95. The SMILES string of the molecule is CCCON=C(N)c1ccc(CN)s1. The molecule has 0 spiro atoms. The lowest BCUT2D eigenvalue weighted by Gasteiger charge is -1.97. The van der Waals surface area contributed by atoms with E-state index >= 15 is 0 Å². The molecule has 1 aromatic heterocycles. The van der Waals surface area contributed by atoms with Crippen LogP contribution in [0.1, 0.15) is 23.1 Å². The third kappa shape index (κ3) is 3.01. The molecular weight excluding hydrogens is 198 g/mol. The quantitative estimate of drug-likeness (QED) is 0.334. The highest BCUT2D eigenvalue weighted by molar-refractivity contribution is 7.14. The van der Waals surface area contributed by atoms with Crippen LogP contribution in [0.5, 0.6) is 0 Å². The van der Waals surface area contributed by atoms with Crippen molar-refractivity contribution in [3.8, 4) is 0 Å². The fourth-order valence-corrected chi connectivity index (χ4v) is 1.66. The number of hydrogen-bond acceptors (Lipinski definition) is 4. The van der Waals surface area contributed by atoms with Gasteiger partial charge in [-0.1, -0.05) is 12.1 Å². The molecule has 1 heterocycles. The summed E-state index contributed by atoms with van der Waals surface area (Å²) < 4.78 is 0. The first kappa shape index (κ1) is 11.0. The summed E-state index contributed by atoms with van der Waals surface area (Å²) in [7, 11) is 0. The zero-order valence-electron chi connectivity index (χ0n) is 8.19. The molecule has 0 unspecified atom stereocenters. The number of hydrogen-bond donors (Lipinski definition) is 2. The second-order valence-electron chi connectivity index (χ2n) is 2.78. The van der Waals surface area contributed by atoms with Gasteiger partial charge in [-0.2, -0.15) is 0 Å². The molecule has 14 heavy (non-hydrogen) atoms. The molecule has 1 rings (SSSR count). The van der Waals surface area contributed by atoms with Gasteiger partial charge >= 0.3 is 0 Å². The van der Waals surface area contributed by atoms with Crippen LogP contribution >= 0.6 is 11.3 Å². The summed E-state index contributed by atoms with van der Waals surface area (Å²) in [5.41, 5.74) is 11.2. The summed E-state index contributed by atoms with van der Waals surface area (Å²) >= 11 is 1.54. The van der Waals surface area contributed by atoms with E-state index in [-0.39, 0.29) is 0 Å². The van der Waals surface area contributed by atoms with E-state index in [2.05, 4.69) is 5.16 Å². The predicted octanol–water partition coefficient (Wildman–Crippen LogP) is 1.25. The topological polar surface area (TPSA) is 73.6 Å². The van der Waals surface area contributed by atoms with Crippen LogP contribution in [0.25, 0.3) is 0 Å². The highest BCUT2D eigenvalue weighted by Gasteiger charge is 2.02. The molecule has 0 saturated carbocycles. The average Bonchev–Trinajstić information content (AvgIpc) is 2.66. The van der Waals surface area contributed by atoms with Gasteiger partial charge in [0.15, 0.2) is 5.84 Å². The van der Waals surface area contributed by atoms with Crippen molar-refractivity contribution in [3.05, 3.63) is 21.9 Å². The fourth-order valence-electron chi connectivity index (χ4n) is 0.877. The number of nitrogens with two attached hydrogens (primary N) is 2. The van der Waals surface area contributed by atoms with Crippen LogP contribution in [0.15, 0.2) is 17.3 Å². The number of rotatable bonds is 5. The van der Waals surface area contributed by atoms with E-state index in [0.717, 1.165) is 16.2 Å². The van der Waals surface area contributed by atoms with E-state index in [1.54, 1.807) is 0 Å². The van der Waals surface area contributed by atoms with E-state index in [0.29, 0.717) is 19.0 Å². The molecule has 5 heteroatoms. The van der Waals surface area contributed by atoms with Crippen molar-refractivity contribution < 1.29 is 4.84 Å². The highest BCUT2D eigenvalue weighted by atomic mass is 32.1. The van der Waals surface area contributed by atoms with Gasteiger partial charge in [-0.05, 0) is 18.6 Å². The summed E-state index contributed by atoms with van der Waals surface area (Å²) in [4.78, 5) is 6.98. The zero-order valence-corrected chi connectivity index (χ0v) is 9.01. The number of thiophene rings is 1. The van der Waals surface area contributed by atoms with Gasteiger partial charge < -0.3 is 16.3 Å². The number of oxime groups is 1. The summed E-state index contributed by atoms with van der Waals surface area (Å²) in [5, 5.41) is 3.80. The third-order valence-electron chi connectivity index (χ3n) is 1.57. The van der Waals surface area contributed by atoms with Crippen LogP contribution in [-0.2, 0) is 11.4 Å². The smallest absolute Gasteiger partial charge is 0.180 e. The van der Waals surface area contributed by atoms with Gasteiger partial charge in [0.25, 0.3) is 0 Å². The maximum absolute atomic E-state index is 5.70. The van der Waals surface area contributed by atoms with Crippen molar-refractivity contribution in [2.75, 3.05) is 6.61 Å². The molecule has 0 amide bonds. The maximum Gasteiger partial charge on any atom is 0.180 e. The van der Waals surface area contributed by atoms with Crippen LogP contribution in [0.2, 0.25) is 0 Å². The van der Waals surface area contributed by atoms with Gasteiger partial charge in [0, 0.05) is 11.4 Å². The van der Waals surface area contributed by atoms with Crippen molar-refractivity contribution in [1.82, 2.24) is 0 Å². The Hall–Kier alpha value is -1.07. The van der Waals surface area contributed by atoms with Crippen LogP contribution in [0, 0.1) is 0 Å². The molecule has 0 atom stereocenters. The van der Waals surface area contributed by atoms with Gasteiger partial charge in [0.2, 0.25) is 0 Å². The molecule has 0 saturated heterocycles. The molecule has 0 aliphatic rings.